The largest absolute Gasteiger partial charge is 0.455 e. The summed E-state index contributed by atoms with van der Waals surface area (Å²) in [7, 11) is 0. The van der Waals surface area contributed by atoms with Crippen LogP contribution in [0.15, 0.2) is 53.0 Å². The number of carbonyl (C=O) groups excluding carboxylic acids is 3. The molecule has 1 N–H and O–H groups in total. The van der Waals surface area contributed by atoms with Gasteiger partial charge in [-0.05, 0) is 35.7 Å². The van der Waals surface area contributed by atoms with Crippen molar-refractivity contribution >= 4 is 39.4 Å². The third-order valence-corrected chi connectivity index (χ3v) is 5.33. The van der Waals surface area contributed by atoms with Crippen molar-refractivity contribution in [3.8, 4) is 0 Å². The lowest BCUT2D eigenvalue weighted by molar-refractivity contribution is -0.151. The van der Waals surface area contributed by atoms with Crippen molar-refractivity contribution in [2.45, 2.75) is 26.3 Å². The molecule has 29 heavy (non-hydrogen) atoms. The second-order valence-corrected chi connectivity index (χ2v) is 7.89. The first-order chi connectivity index (χ1) is 14.0. The van der Waals surface area contributed by atoms with E-state index in [0.29, 0.717) is 18.8 Å². The van der Waals surface area contributed by atoms with Crippen molar-refractivity contribution in [1.82, 2.24) is 4.90 Å². The minimum atomic E-state index is -0.544. The zero-order chi connectivity index (χ0) is 20.8. The molecule has 0 aliphatic carbocycles. The molecule has 0 saturated carbocycles. The molecule has 1 saturated heterocycles. The van der Waals surface area contributed by atoms with Gasteiger partial charge in [0.2, 0.25) is 5.91 Å². The number of hydrogen-bond donors (Lipinski definition) is 1. The van der Waals surface area contributed by atoms with Crippen LogP contribution in [0.25, 0.3) is 0 Å². The van der Waals surface area contributed by atoms with Crippen LogP contribution in [0.5, 0.6) is 0 Å². The van der Waals surface area contributed by atoms with Crippen LogP contribution in [-0.4, -0.2) is 35.8 Å². The molecule has 0 spiro atoms. The van der Waals surface area contributed by atoms with Crippen LogP contribution in [0, 0.1) is 5.92 Å². The summed E-state index contributed by atoms with van der Waals surface area (Å²) in [6, 6.07) is 15.2. The van der Waals surface area contributed by atoms with E-state index in [-0.39, 0.29) is 18.9 Å². The number of esters is 1. The number of likely N-dealkylation sites (tertiary alicyclic amines) is 1. The molecular formula is C22H23BrN2O4. The third-order valence-electron chi connectivity index (χ3n) is 4.83. The van der Waals surface area contributed by atoms with Gasteiger partial charge in [-0.25, -0.2) is 0 Å². The monoisotopic (exact) mass is 458 g/mol. The Morgan fingerprint density at radius 1 is 1.21 bits per heavy atom. The number of anilines is 1. The van der Waals surface area contributed by atoms with E-state index in [1.807, 2.05) is 49.4 Å². The van der Waals surface area contributed by atoms with Gasteiger partial charge in [-0.1, -0.05) is 53.2 Å². The molecule has 3 rings (SSSR count). The summed E-state index contributed by atoms with van der Waals surface area (Å²) in [6.07, 6.45) is 0.871. The summed E-state index contributed by atoms with van der Waals surface area (Å²) in [4.78, 5) is 38.4. The highest BCUT2D eigenvalue weighted by atomic mass is 79.9. The van der Waals surface area contributed by atoms with Crippen molar-refractivity contribution < 1.29 is 19.1 Å². The molecule has 6 nitrogen and oxygen atoms in total. The Balaban J connectivity index is 1.49. The number of hydrogen-bond acceptors (Lipinski definition) is 4. The highest BCUT2D eigenvalue weighted by Crippen LogP contribution is 2.23. The summed E-state index contributed by atoms with van der Waals surface area (Å²) >= 11 is 3.41. The minimum Gasteiger partial charge on any atom is -0.455 e. The average Bonchev–Trinajstić information content (AvgIpc) is 3.08. The van der Waals surface area contributed by atoms with Crippen molar-refractivity contribution in [3.63, 3.8) is 0 Å². The van der Waals surface area contributed by atoms with Crippen molar-refractivity contribution in [2.75, 3.05) is 18.5 Å². The molecule has 2 aromatic carbocycles. The lowest BCUT2D eigenvalue weighted by Crippen LogP contribution is -2.28. The number of aryl methyl sites for hydroxylation is 1. The first-order valence-corrected chi connectivity index (χ1v) is 10.3. The molecule has 7 heteroatoms. The minimum absolute atomic E-state index is 0.0808. The van der Waals surface area contributed by atoms with Crippen molar-refractivity contribution in [2.24, 2.45) is 5.92 Å². The van der Waals surface area contributed by atoms with Crippen LogP contribution in [-0.2, 0) is 32.1 Å². The smallest absolute Gasteiger partial charge is 0.311 e. The summed E-state index contributed by atoms with van der Waals surface area (Å²) in [5.41, 5.74) is 2.69. The molecule has 0 bridgehead atoms. The number of nitrogens with one attached hydrogen (secondary N) is 1. The first kappa shape index (κ1) is 21.0. The lowest BCUT2D eigenvalue weighted by Gasteiger charge is -2.16. The van der Waals surface area contributed by atoms with Gasteiger partial charge in [0.05, 0.1) is 5.92 Å². The Labute approximate surface area is 178 Å². The molecule has 0 aromatic heterocycles. The topological polar surface area (TPSA) is 75.7 Å². The first-order valence-electron chi connectivity index (χ1n) is 9.53. The quantitative estimate of drug-likeness (QED) is 0.643. The Bertz CT molecular complexity index is 901. The summed E-state index contributed by atoms with van der Waals surface area (Å²) in [5, 5.41) is 2.77. The molecule has 152 valence electrons. The maximum absolute atomic E-state index is 12.3. The van der Waals surface area contributed by atoms with Crippen LogP contribution in [0.2, 0.25) is 0 Å². The molecule has 1 aliphatic heterocycles. The predicted molar refractivity (Wildman–Crippen MR) is 113 cm³/mol. The van der Waals surface area contributed by atoms with E-state index in [1.54, 1.807) is 11.0 Å². The second kappa shape index (κ2) is 9.69. The SMILES string of the molecule is CCc1cc(Br)ccc1NC(=O)COC(=O)[C@H]1CC(=O)N(Cc2ccccc2)C1. The number of rotatable bonds is 7. The zero-order valence-electron chi connectivity index (χ0n) is 16.2. The fraction of sp³-hybridized carbons (Fsp3) is 0.318. The summed E-state index contributed by atoms with van der Waals surface area (Å²) in [6.45, 7) is 2.39. The Morgan fingerprint density at radius 3 is 2.69 bits per heavy atom. The molecular weight excluding hydrogens is 436 g/mol. The van der Waals surface area contributed by atoms with E-state index >= 15 is 0 Å². The van der Waals surface area contributed by atoms with Gasteiger partial charge in [-0.2, -0.15) is 0 Å². The molecule has 0 radical (unpaired) electrons. The van der Waals surface area contributed by atoms with Crippen LogP contribution in [0.3, 0.4) is 0 Å². The zero-order valence-corrected chi connectivity index (χ0v) is 17.8. The number of amides is 2. The Morgan fingerprint density at radius 2 is 1.97 bits per heavy atom. The molecule has 1 atom stereocenters. The molecule has 1 aliphatic rings. The number of carbonyl (C=O) groups is 3. The van der Waals surface area contributed by atoms with Crippen LogP contribution in [0.1, 0.15) is 24.5 Å². The summed E-state index contributed by atoms with van der Waals surface area (Å²) < 4.78 is 6.10. The van der Waals surface area contributed by atoms with Crippen molar-refractivity contribution in [3.05, 3.63) is 64.1 Å². The van der Waals surface area contributed by atoms with Gasteiger partial charge in [-0.15, -0.1) is 0 Å². The van der Waals surface area contributed by atoms with E-state index in [9.17, 15) is 14.4 Å². The Hall–Kier alpha value is -2.67. The number of nitrogens with zero attached hydrogens (tertiary/aromatic N) is 1. The van der Waals surface area contributed by atoms with Gasteiger partial charge in [0.15, 0.2) is 6.61 Å². The molecule has 2 aromatic rings. The number of ether oxygens (including phenoxy) is 1. The van der Waals surface area contributed by atoms with E-state index in [2.05, 4.69) is 21.2 Å². The van der Waals surface area contributed by atoms with Crippen molar-refractivity contribution in [1.29, 1.82) is 0 Å². The predicted octanol–water partition coefficient (Wildman–Crippen LogP) is 3.54. The van der Waals surface area contributed by atoms with E-state index in [0.717, 1.165) is 22.0 Å². The van der Waals surface area contributed by atoms with E-state index in [4.69, 9.17) is 4.74 Å². The van der Waals surface area contributed by atoms with Gasteiger partial charge in [0.1, 0.15) is 0 Å². The fourth-order valence-electron chi connectivity index (χ4n) is 3.30. The van der Waals surface area contributed by atoms with Crippen LogP contribution < -0.4 is 5.32 Å². The van der Waals surface area contributed by atoms with Gasteiger partial charge in [0, 0.05) is 29.7 Å². The number of halogens is 1. The van der Waals surface area contributed by atoms with Gasteiger partial charge in [0.25, 0.3) is 5.91 Å². The highest BCUT2D eigenvalue weighted by molar-refractivity contribution is 9.10. The standard InChI is InChI=1S/C22H23BrN2O4/c1-2-16-10-18(23)8-9-19(16)24-20(26)14-29-22(28)17-11-21(27)25(13-17)12-15-6-4-3-5-7-15/h3-10,17H,2,11-14H2,1H3,(H,24,26)/t17-/m0/s1. The van der Waals surface area contributed by atoms with Gasteiger partial charge < -0.3 is 15.0 Å². The van der Waals surface area contributed by atoms with E-state index < -0.39 is 17.8 Å². The summed E-state index contributed by atoms with van der Waals surface area (Å²) in [5.74, 6) is -1.54. The average molecular weight is 459 g/mol. The third kappa shape index (κ3) is 5.67. The second-order valence-electron chi connectivity index (χ2n) is 6.97. The molecule has 2 amide bonds. The van der Waals surface area contributed by atoms with E-state index in [1.165, 1.54) is 0 Å². The molecule has 0 unspecified atom stereocenters. The van der Waals surface area contributed by atoms with Crippen LogP contribution >= 0.6 is 15.9 Å². The fourth-order valence-corrected chi connectivity index (χ4v) is 3.71. The normalized spacial score (nSPS) is 16.0. The highest BCUT2D eigenvalue weighted by Gasteiger charge is 2.35. The Kier molecular flexibility index (Phi) is 7.04. The lowest BCUT2D eigenvalue weighted by atomic mass is 10.1. The maximum Gasteiger partial charge on any atom is 0.311 e. The maximum atomic E-state index is 12.3. The molecule has 1 fully saturated rings. The molecule has 1 heterocycles. The number of benzene rings is 2. The van der Waals surface area contributed by atoms with Gasteiger partial charge in [-0.3, -0.25) is 14.4 Å². The van der Waals surface area contributed by atoms with Crippen LogP contribution in [0.4, 0.5) is 5.69 Å². The van der Waals surface area contributed by atoms with Gasteiger partial charge >= 0.3 is 5.97 Å².